The Kier molecular flexibility index (Phi) is 4.91. The average Bonchev–Trinajstić information content (AvgIpc) is 2.95. The number of nitrogens with one attached hydrogen (secondary N) is 2. The van der Waals surface area contributed by atoms with Crippen molar-refractivity contribution in [2.24, 2.45) is 7.05 Å². The first kappa shape index (κ1) is 16.3. The molecule has 1 amide bonds. The molecule has 0 radical (unpaired) electrons. The second-order valence-electron chi connectivity index (χ2n) is 5.50. The Balaban J connectivity index is 0.00000161. The zero-order chi connectivity index (χ0) is 14.3. The van der Waals surface area contributed by atoms with Crippen molar-refractivity contribution in [3.05, 3.63) is 16.6 Å². The number of aromatic nitrogens is 2. The van der Waals surface area contributed by atoms with Crippen LogP contribution in [-0.4, -0.2) is 34.3 Å². The van der Waals surface area contributed by atoms with Crippen molar-refractivity contribution in [1.82, 2.24) is 20.4 Å². The molecule has 2 atom stereocenters. The molecule has 2 aromatic rings. The summed E-state index contributed by atoms with van der Waals surface area (Å²) in [5.74, 6) is 0.0335. The fourth-order valence-electron chi connectivity index (χ4n) is 2.80. The molecule has 0 bridgehead atoms. The van der Waals surface area contributed by atoms with Crippen LogP contribution in [0.15, 0.2) is 6.07 Å². The lowest BCUT2D eigenvalue weighted by molar-refractivity contribution is 0.0924. The molecule has 1 fully saturated rings. The molecule has 1 aliphatic heterocycles. The lowest BCUT2D eigenvalue weighted by atomic mass is 10.00. The van der Waals surface area contributed by atoms with E-state index in [2.05, 4.69) is 22.7 Å². The van der Waals surface area contributed by atoms with Gasteiger partial charge in [-0.05, 0) is 39.3 Å². The second-order valence-corrected chi connectivity index (χ2v) is 6.53. The molecule has 0 aromatic carbocycles. The molecule has 3 heterocycles. The Morgan fingerprint density at radius 1 is 1.57 bits per heavy atom. The molecule has 7 heteroatoms. The van der Waals surface area contributed by atoms with Crippen LogP contribution in [0.25, 0.3) is 10.2 Å². The van der Waals surface area contributed by atoms with Crippen molar-refractivity contribution in [1.29, 1.82) is 0 Å². The molecule has 3 rings (SSSR count). The van der Waals surface area contributed by atoms with E-state index < -0.39 is 0 Å². The van der Waals surface area contributed by atoms with Gasteiger partial charge in [0.15, 0.2) is 0 Å². The van der Waals surface area contributed by atoms with Gasteiger partial charge in [-0.2, -0.15) is 5.10 Å². The van der Waals surface area contributed by atoms with Crippen molar-refractivity contribution in [2.45, 2.75) is 38.8 Å². The molecular formula is C14H21ClN4OS. The van der Waals surface area contributed by atoms with E-state index in [1.165, 1.54) is 11.3 Å². The molecule has 21 heavy (non-hydrogen) atoms. The number of carbonyl (C=O) groups is 1. The van der Waals surface area contributed by atoms with Gasteiger partial charge in [-0.15, -0.1) is 23.7 Å². The third-order valence-electron chi connectivity index (χ3n) is 4.00. The van der Waals surface area contributed by atoms with Crippen LogP contribution < -0.4 is 10.6 Å². The molecule has 116 valence electrons. The Hall–Kier alpha value is -1.11. The van der Waals surface area contributed by atoms with E-state index in [0.717, 1.165) is 40.2 Å². The standard InChI is InChI=1S/C14H20N4OS.ClH/c1-8-10-7-12(20-14(10)18(3)17-8)13(19)16-11-5-4-6-15-9(11)2;/h7,9,11,15H,4-6H2,1-3H3,(H,16,19);1H. The van der Waals surface area contributed by atoms with Crippen molar-refractivity contribution in [3.8, 4) is 0 Å². The van der Waals surface area contributed by atoms with Gasteiger partial charge in [0.1, 0.15) is 4.83 Å². The summed E-state index contributed by atoms with van der Waals surface area (Å²) in [6, 6.07) is 2.52. The van der Waals surface area contributed by atoms with Crippen LogP contribution in [-0.2, 0) is 7.05 Å². The van der Waals surface area contributed by atoms with Crippen LogP contribution in [0.2, 0.25) is 0 Å². The molecule has 2 N–H and O–H groups in total. The van der Waals surface area contributed by atoms with Gasteiger partial charge >= 0.3 is 0 Å². The van der Waals surface area contributed by atoms with Crippen LogP contribution in [0.5, 0.6) is 0 Å². The Morgan fingerprint density at radius 2 is 2.33 bits per heavy atom. The monoisotopic (exact) mass is 328 g/mol. The van der Waals surface area contributed by atoms with Gasteiger partial charge in [-0.1, -0.05) is 0 Å². The highest BCUT2D eigenvalue weighted by Crippen LogP contribution is 2.27. The summed E-state index contributed by atoms with van der Waals surface area (Å²) in [5.41, 5.74) is 0.977. The Labute approximate surface area is 134 Å². The van der Waals surface area contributed by atoms with E-state index in [0.29, 0.717) is 6.04 Å². The third-order valence-corrected chi connectivity index (χ3v) is 5.20. The number of piperidine rings is 1. The molecule has 2 unspecified atom stereocenters. The van der Waals surface area contributed by atoms with Gasteiger partial charge in [0, 0.05) is 24.5 Å². The molecule has 0 spiro atoms. The van der Waals surface area contributed by atoms with Gasteiger partial charge in [0.2, 0.25) is 0 Å². The first-order valence-corrected chi connectivity index (χ1v) is 7.85. The second kappa shape index (κ2) is 6.34. The quantitative estimate of drug-likeness (QED) is 0.889. The van der Waals surface area contributed by atoms with Crippen molar-refractivity contribution in [3.63, 3.8) is 0 Å². The van der Waals surface area contributed by atoms with Crippen molar-refractivity contribution >= 4 is 39.9 Å². The molecule has 5 nitrogen and oxygen atoms in total. The number of hydrogen-bond acceptors (Lipinski definition) is 4. The summed E-state index contributed by atoms with van der Waals surface area (Å²) in [6.07, 6.45) is 2.16. The Bertz CT molecular complexity index is 616. The van der Waals surface area contributed by atoms with Crippen LogP contribution in [0, 0.1) is 6.92 Å². The number of hydrogen-bond donors (Lipinski definition) is 2. The molecule has 0 aliphatic carbocycles. The van der Waals surface area contributed by atoms with Gasteiger partial charge in [0.25, 0.3) is 5.91 Å². The third kappa shape index (κ3) is 3.07. The summed E-state index contributed by atoms with van der Waals surface area (Å²) >= 11 is 1.51. The van der Waals surface area contributed by atoms with Gasteiger partial charge < -0.3 is 10.6 Å². The normalized spacial score (nSPS) is 22.0. The minimum Gasteiger partial charge on any atom is -0.347 e. The fourth-order valence-corrected chi connectivity index (χ4v) is 3.82. The molecule has 0 saturated carbocycles. The van der Waals surface area contributed by atoms with Gasteiger partial charge in [-0.25, -0.2) is 0 Å². The van der Waals surface area contributed by atoms with Crippen LogP contribution in [0.1, 0.15) is 35.1 Å². The van der Waals surface area contributed by atoms with E-state index in [9.17, 15) is 4.79 Å². The summed E-state index contributed by atoms with van der Waals surface area (Å²) in [6.45, 7) is 5.15. The predicted molar refractivity (Wildman–Crippen MR) is 88.5 cm³/mol. The van der Waals surface area contributed by atoms with E-state index in [4.69, 9.17) is 0 Å². The largest absolute Gasteiger partial charge is 0.347 e. The highest BCUT2D eigenvalue weighted by molar-refractivity contribution is 7.20. The number of thiophene rings is 1. The molecule has 1 saturated heterocycles. The van der Waals surface area contributed by atoms with Gasteiger partial charge in [-0.3, -0.25) is 9.48 Å². The first-order chi connectivity index (χ1) is 9.56. The number of rotatable bonds is 2. The number of fused-ring (bicyclic) bond motifs is 1. The maximum atomic E-state index is 12.4. The number of carbonyl (C=O) groups excluding carboxylic acids is 1. The summed E-state index contributed by atoms with van der Waals surface area (Å²) in [4.78, 5) is 14.2. The Morgan fingerprint density at radius 3 is 3.00 bits per heavy atom. The van der Waals surface area contributed by atoms with Crippen molar-refractivity contribution < 1.29 is 4.79 Å². The van der Waals surface area contributed by atoms with E-state index in [1.54, 1.807) is 0 Å². The number of aryl methyl sites for hydroxylation is 2. The maximum absolute atomic E-state index is 12.4. The minimum atomic E-state index is 0. The summed E-state index contributed by atoms with van der Waals surface area (Å²) in [5, 5.41) is 12.0. The van der Waals surface area contributed by atoms with Gasteiger partial charge in [0.05, 0.1) is 10.6 Å². The summed E-state index contributed by atoms with van der Waals surface area (Å²) < 4.78 is 1.84. The smallest absolute Gasteiger partial charge is 0.261 e. The minimum absolute atomic E-state index is 0. The lowest BCUT2D eigenvalue weighted by Gasteiger charge is -2.30. The van der Waals surface area contributed by atoms with E-state index in [-0.39, 0.29) is 24.4 Å². The van der Waals surface area contributed by atoms with Crippen LogP contribution in [0.4, 0.5) is 0 Å². The fraction of sp³-hybridized carbons (Fsp3) is 0.571. The molecule has 1 aliphatic rings. The SMILES string of the molecule is Cc1nn(C)c2sc(C(=O)NC3CCCNC3C)cc12.Cl. The van der Waals surface area contributed by atoms with Crippen LogP contribution in [0.3, 0.4) is 0 Å². The first-order valence-electron chi connectivity index (χ1n) is 7.03. The average molecular weight is 329 g/mol. The van der Waals surface area contributed by atoms with E-state index >= 15 is 0 Å². The highest BCUT2D eigenvalue weighted by atomic mass is 35.5. The number of amides is 1. The summed E-state index contributed by atoms with van der Waals surface area (Å²) in [7, 11) is 1.92. The zero-order valence-electron chi connectivity index (χ0n) is 12.5. The highest BCUT2D eigenvalue weighted by Gasteiger charge is 2.24. The number of nitrogens with zero attached hydrogens (tertiary/aromatic N) is 2. The lowest BCUT2D eigenvalue weighted by Crippen LogP contribution is -2.51. The topological polar surface area (TPSA) is 59.0 Å². The molecular weight excluding hydrogens is 308 g/mol. The van der Waals surface area contributed by atoms with Crippen molar-refractivity contribution in [2.75, 3.05) is 6.54 Å². The predicted octanol–water partition coefficient (Wildman–Crippen LogP) is 2.24. The van der Waals surface area contributed by atoms with Crippen LogP contribution >= 0.6 is 23.7 Å². The maximum Gasteiger partial charge on any atom is 0.261 e. The van der Waals surface area contributed by atoms with E-state index in [1.807, 2.05) is 24.7 Å². The molecule has 2 aromatic heterocycles. The number of halogens is 1. The zero-order valence-corrected chi connectivity index (χ0v) is 14.1.